The topological polar surface area (TPSA) is 100 Å². The minimum atomic E-state index is -0.607. The SMILES string of the molecule is CCc1cc(-n2nnn(C)c2=O)c(OCCNC(=O)OC(C)(C)C)cc1F. The standard InChI is InChI=1S/C17H24FN5O4/c1-6-11-9-13(23-16(25)22(5)20-21-23)14(10-12(11)18)26-8-7-19-15(24)27-17(2,3)4/h9-10H,6-8H2,1-5H3,(H,19,24). The number of alkyl carbamates (subject to hydrolysis) is 1. The molecule has 1 amide bonds. The number of benzene rings is 1. The van der Waals surface area contributed by atoms with Gasteiger partial charge in [-0.05, 0) is 49.2 Å². The van der Waals surface area contributed by atoms with Crippen molar-refractivity contribution in [1.29, 1.82) is 0 Å². The predicted molar refractivity (Wildman–Crippen MR) is 95.7 cm³/mol. The van der Waals surface area contributed by atoms with E-state index in [9.17, 15) is 14.0 Å². The molecule has 0 saturated carbocycles. The molecule has 2 aromatic rings. The average molecular weight is 381 g/mol. The smallest absolute Gasteiger partial charge is 0.407 e. The number of ether oxygens (including phenoxy) is 2. The second-order valence-corrected chi connectivity index (χ2v) is 6.84. The quantitative estimate of drug-likeness (QED) is 0.763. The molecule has 0 bridgehead atoms. The van der Waals surface area contributed by atoms with Crippen LogP contribution in [0.2, 0.25) is 0 Å². The van der Waals surface area contributed by atoms with Crippen LogP contribution >= 0.6 is 0 Å². The van der Waals surface area contributed by atoms with Gasteiger partial charge in [0.1, 0.15) is 29.5 Å². The van der Waals surface area contributed by atoms with Crippen LogP contribution in [0.5, 0.6) is 5.75 Å². The van der Waals surface area contributed by atoms with Crippen LogP contribution in [0.4, 0.5) is 9.18 Å². The van der Waals surface area contributed by atoms with E-state index in [1.807, 2.05) is 0 Å². The Morgan fingerprint density at radius 2 is 2.00 bits per heavy atom. The van der Waals surface area contributed by atoms with Crippen LogP contribution in [0.1, 0.15) is 33.3 Å². The number of nitrogens with one attached hydrogen (secondary N) is 1. The van der Waals surface area contributed by atoms with Gasteiger partial charge in [-0.25, -0.2) is 14.0 Å². The number of rotatable bonds is 6. The summed E-state index contributed by atoms with van der Waals surface area (Å²) in [4.78, 5) is 23.8. The predicted octanol–water partition coefficient (Wildman–Crippen LogP) is 1.57. The molecule has 1 aromatic heterocycles. The number of aryl methyl sites for hydroxylation is 2. The molecule has 148 valence electrons. The normalized spacial score (nSPS) is 11.3. The minimum absolute atomic E-state index is 0.0478. The van der Waals surface area contributed by atoms with Crippen molar-refractivity contribution in [2.24, 2.45) is 7.05 Å². The molecule has 1 aromatic carbocycles. The van der Waals surface area contributed by atoms with E-state index in [-0.39, 0.29) is 24.6 Å². The van der Waals surface area contributed by atoms with E-state index < -0.39 is 23.2 Å². The van der Waals surface area contributed by atoms with Crippen molar-refractivity contribution >= 4 is 6.09 Å². The largest absolute Gasteiger partial charge is 0.489 e. The highest BCUT2D eigenvalue weighted by molar-refractivity contribution is 5.67. The molecule has 9 nitrogen and oxygen atoms in total. The Morgan fingerprint density at radius 3 is 2.56 bits per heavy atom. The molecule has 0 saturated heterocycles. The molecule has 1 N–H and O–H groups in total. The third-order valence-corrected chi connectivity index (χ3v) is 3.49. The molecule has 2 rings (SSSR count). The van der Waals surface area contributed by atoms with Gasteiger partial charge in [0.15, 0.2) is 0 Å². The molecule has 0 fully saturated rings. The van der Waals surface area contributed by atoms with Crippen molar-refractivity contribution in [1.82, 2.24) is 25.1 Å². The Labute approximate surface area is 156 Å². The van der Waals surface area contributed by atoms with Gasteiger partial charge in [0.05, 0.1) is 6.54 Å². The van der Waals surface area contributed by atoms with Gasteiger partial charge in [0.2, 0.25) is 0 Å². The molecular formula is C17H24FN5O4. The van der Waals surface area contributed by atoms with Crippen molar-refractivity contribution in [2.45, 2.75) is 39.7 Å². The Morgan fingerprint density at radius 1 is 1.30 bits per heavy atom. The summed E-state index contributed by atoms with van der Waals surface area (Å²) >= 11 is 0. The fraction of sp³-hybridized carbons (Fsp3) is 0.529. The zero-order valence-corrected chi connectivity index (χ0v) is 16.1. The zero-order chi connectivity index (χ0) is 20.2. The summed E-state index contributed by atoms with van der Waals surface area (Å²) in [5.41, 5.74) is -0.393. The van der Waals surface area contributed by atoms with Crippen molar-refractivity contribution < 1.29 is 18.7 Å². The van der Waals surface area contributed by atoms with E-state index in [1.165, 1.54) is 19.2 Å². The molecule has 0 aliphatic heterocycles. The monoisotopic (exact) mass is 381 g/mol. The second kappa shape index (κ2) is 8.19. The molecule has 0 atom stereocenters. The lowest BCUT2D eigenvalue weighted by molar-refractivity contribution is 0.0520. The number of carbonyl (C=O) groups is 1. The summed E-state index contributed by atoms with van der Waals surface area (Å²) in [5.74, 6) is -0.327. The Balaban J connectivity index is 2.14. The summed E-state index contributed by atoms with van der Waals surface area (Å²) in [6, 6.07) is 2.70. The third-order valence-electron chi connectivity index (χ3n) is 3.49. The maximum atomic E-state index is 14.2. The van der Waals surface area contributed by atoms with Crippen molar-refractivity contribution in [3.05, 3.63) is 34.0 Å². The van der Waals surface area contributed by atoms with E-state index in [0.29, 0.717) is 12.0 Å². The van der Waals surface area contributed by atoms with Crippen LogP contribution in [-0.4, -0.2) is 44.6 Å². The first-order valence-electron chi connectivity index (χ1n) is 8.54. The maximum absolute atomic E-state index is 14.2. The van der Waals surface area contributed by atoms with Crippen molar-refractivity contribution in [2.75, 3.05) is 13.2 Å². The van der Waals surface area contributed by atoms with Gasteiger partial charge in [0, 0.05) is 13.1 Å². The highest BCUT2D eigenvalue weighted by Gasteiger charge is 2.17. The molecule has 0 aliphatic rings. The summed E-state index contributed by atoms with van der Waals surface area (Å²) in [5, 5.41) is 9.97. The molecule has 0 aliphatic carbocycles. The Bertz CT molecular complexity index is 869. The van der Waals surface area contributed by atoms with E-state index in [2.05, 4.69) is 15.7 Å². The molecule has 0 radical (unpaired) electrons. The van der Waals surface area contributed by atoms with Gasteiger partial charge in [-0.3, -0.25) is 0 Å². The van der Waals surface area contributed by atoms with E-state index >= 15 is 0 Å². The summed E-state index contributed by atoms with van der Waals surface area (Å²) in [6.07, 6.45) is -0.141. The van der Waals surface area contributed by atoms with Crippen LogP contribution in [0, 0.1) is 5.82 Å². The first-order valence-corrected chi connectivity index (χ1v) is 8.54. The lowest BCUT2D eigenvalue weighted by Gasteiger charge is -2.19. The molecule has 1 heterocycles. The van der Waals surface area contributed by atoms with Crippen LogP contribution in [0.3, 0.4) is 0 Å². The Kier molecular flexibility index (Phi) is 6.19. The lowest BCUT2D eigenvalue weighted by atomic mass is 10.1. The van der Waals surface area contributed by atoms with E-state index in [0.717, 1.165) is 9.36 Å². The number of halogens is 1. The van der Waals surface area contributed by atoms with Crippen LogP contribution < -0.4 is 15.7 Å². The molecule has 0 unspecified atom stereocenters. The van der Waals surface area contributed by atoms with E-state index in [4.69, 9.17) is 9.47 Å². The lowest BCUT2D eigenvalue weighted by Crippen LogP contribution is -2.34. The number of aromatic nitrogens is 4. The van der Waals surface area contributed by atoms with E-state index in [1.54, 1.807) is 27.7 Å². The summed E-state index contributed by atoms with van der Waals surface area (Å²) in [6.45, 7) is 7.25. The Hall–Kier alpha value is -2.91. The number of tetrazole rings is 1. The summed E-state index contributed by atoms with van der Waals surface area (Å²) in [7, 11) is 1.46. The fourth-order valence-corrected chi connectivity index (χ4v) is 2.23. The first-order chi connectivity index (χ1) is 12.6. The van der Waals surface area contributed by atoms with Crippen molar-refractivity contribution in [3.8, 4) is 11.4 Å². The van der Waals surface area contributed by atoms with Gasteiger partial charge in [-0.2, -0.15) is 9.36 Å². The van der Waals surface area contributed by atoms with Gasteiger partial charge < -0.3 is 14.8 Å². The highest BCUT2D eigenvalue weighted by atomic mass is 19.1. The molecule has 10 heteroatoms. The molecular weight excluding hydrogens is 357 g/mol. The van der Waals surface area contributed by atoms with Gasteiger partial charge in [-0.15, -0.1) is 0 Å². The number of amides is 1. The fourth-order valence-electron chi connectivity index (χ4n) is 2.23. The van der Waals surface area contributed by atoms with Crippen LogP contribution in [0.15, 0.2) is 16.9 Å². The number of carbonyl (C=O) groups excluding carboxylic acids is 1. The highest BCUT2D eigenvalue weighted by Crippen LogP contribution is 2.25. The third kappa shape index (κ3) is 5.28. The van der Waals surface area contributed by atoms with Gasteiger partial charge >= 0.3 is 11.8 Å². The van der Waals surface area contributed by atoms with Crippen LogP contribution in [-0.2, 0) is 18.2 Å². The minimum Gasteiger partial charge on any atom is -0.489 e. The average Bonchev–Trinajstić information content (AvgIpc) is 2.89. The first kappa shape index (κ1) is 20.4. The number of hydrogen-bond donors (Lipinski definition) is 1. The van der Waals surface area contributed by atoms with Crippen LogP contribution in [0.25, 0.3) is 5.69 Å². The van der Waals surface area contributed by atoms with Crippen molar-refractivity contribution in [3.63, 3.8) is 0 Å². The van der Waals surface area contributed by atoms with Gasteiger partial charge in [0.25, 0.3) is 0 Å². The maximum Gasteiger partial charge on any atom is 0.407 e. The molecule has 0 spiro atoms. The number of nitrogens with zero attached hydrogens (tertiary/aromatic N) is 4. The zero-order valence-electron chi connectivity index (χ0n) is 16.1. The summed E-state index contributed by atoms with van der Waals surface area (Å²) < 4.78 is 27.0. The second-order valence-electron chi connectivity index (χ2n) is 6.84. The van der Waals surface area contributed by atoms with Gasteiger partial charge in [-0.1, -0.05) is 6.92 Å². The number of hydrogen-bond acceptors (Lipinski definition) is 6. The molecule has 27 heavy (non-hydrogen) atoms.